The summed E-state index contributed by atoms with van der Waals surface area (Å²) >= 11 is 0. The van der Waals surface area contributed by atoms with Gasteiger partial charge in [0.2, 0.25) is 5.89 Å². The Kier molecular flexibility index (Phi) is 5.94. The van der Waals surface area contributed by atoms with Crippen LogP contribution in [-0.4, -0.2) is 60.5 Å². The lowest BCUT2D eigenvalue weighted by atomic mass is 10.0. The summed E-state index contributed by atoms with van der Waals surface area (Å²) in [5.74, 6) is 1.70. The third-order valence-corrected chi connectivity index (χ3v) is 3.89. The largest absolute Gasteiger partial charge is 0.379 e. The van der Waals surface area contributed by atoms with Gasteiger partial charge in [0.25, 0.3) is 0 Å². The molecule has 0 aliphatic carbocycles. The second-order valence-electron chi connectivity index (χ2n) is 5.13. The third-order valence-electron chi connectivity index (χ3n) is 3.89. The van der Waals surface area contributed by atoms with Gasteiger partial charge >= 0.3 is 0 Å². The zero-order chi connectivity index (χ0) is 14.4. The fourth-order valence-electron chi connectivity index (χ4n) is 2.58. The van der Waals surface area contributed by atoms with Gasteiger partial charge in [-0.25, -0.2) is 0 Å². The first-order valence-electron chi connectivity index (χ1n) is 7.64. The molecule has 2 atom stereocenters. The second-order valence-corrected chi connectivity index (χ2v) is 5.13. The Morgan fingerprint density at radius 3 is 2.75 bits per heavy atom. The molecular weight excluding hydrogens is 256 g/mol. The van der Waals surface area contributed by atoms with Crippen molar-refractivity contribution in [3.05, 3.63) is 11.7 Å². The van der Waals surface area contributed by atoms with Crippen LogP contribution in [0.1, 0.15) is 38.4 Å². The highest BCUT2D eigenvalue weighted by molar-refractivity contribution is 5.02. The lowest BCUT2D eigenvalue weighted by Gasteiger charge is -2.16. The molecule has 114 valence electrons. The van der Waals surface area contributed by atoms with Crippen LogP contribution in [0.3, 0.4) is 0 Å². The van der Waals surface area contributed by atoms with E-state index in [2.05, 4.69) is 41.1 Å². The maximum absolute atomic E-state index is 5.52. The number of nitrogens with zero attached hydrogens (tertiary/aromatic N) is 3. The average Bonchev–Trinajstić information content (AvgIpc) is 3.09. The molecule has 1 N–H and O–H groups in total. The topological polar surface area (TPSA) is 63.4 Å². The summed E-state index contributed by atoms with van der Waals surface area (Å²) in [6.45, 7) is 11.8. The molecule has 0 aromatic carbocycles. The van der Waals surface area contributed by atoms with Crippen molar-refractivity contribution in [2.75, 3.05) is 39.4 Å². The van der Waals surface area contributed by atoms with Gasteiger partial charge in [0.1, 0.15) is 0 Å². The fourth-order valence-corrected chi connectivity index (χ4v) is 2.58. The lowest BCUT2D eigenvalue weighted by Crippen LogP contribution is -2.34. The van der Waals surface area contributed by atoms with Crippen molar-refractivity contribution in [3.63, 3.8) is 0 Å². The van der Waals surface area contributed by atoms with Gasteiger partial charge in [-0.2, -0.15) is 4.98 Å². The molecule has 1 fully saturated rings. The Labute approximate surface area is 120 Å². The molecule has 0 amide bonds. The maximum Gasteiger partial charge on any atom is 0.233 e. The number of hydrogen-bond donors (Lipinski definition) is 1. The van der Waals surface area contributed by atoms with Gasteiger partial charge in [-0.15, -0.1) is 0 Å². The summed E-state index contributed by atoms with van der Waals surface area (Å²) in [5.41, 5.74) is 0. The molecule has 6 heteroatoms. The first-order valence-corrected chi connectivity index (χ1v) is 7.64. The quantitative estimate of drug-likeness (QED) is 0.769. The van der Waals surface area contributed by atoms with Crippen molar-refractivity contribution in [2.24, 2.45) is 0 Å². The van der Waals surface area contributed by atoms with Crippen LogP contribution < -0.4 is 5.32 Å². The van der Waals surface area contributed by atoms with Crippen molar-refractivity contribution >= 4 is 0 Å². The molecule has 0 spiro atoms. The van der Waals surface area contributed by atoms with Gasteiger partial charge in [0, 0.05) is 19.0 Å². The molecule has 1 aromatic heterocycles. The fraction of sp³-hybridized carbons (Fsp3) is 0.857. The molecule has 1 aromatic rings. The van der Waals surface area contributed by atoms with E-state index in [0.717, 1.165) is 45.0 Å². The number of nitrogens with one attached hydrogen (secondary N) is 1. The van der Waals surface area contributed by atoms with Crippen molar-refractivity contribution in [1.82, 2.24) is 20.4 Å². The van der Waals surface area contributed by atoms with Crippen LogP contribution in [0.4, 0.5) is 0 Å². The molecule has 1 aliphatic heterocycles. The minimum absolute atomic E-state index is 0.185. The van der Waals surface area contributed by atoms with E-state index in [-0.39, 0.29) is 12.0 Å². The van der Waals surface area contributed by atoms with E-state index in [0.29, 0.717) is 12.5 Å². The molecule has 2 unspecified atom stereocenters. The Bertz CT molecular complexity index is 392. The molecular formula is C14H26N4O2. The van der Waals surface area contributed by atoms with Gasteiger partial charge in [0.05, 0.1) is 19.1 Å². The smallest absolute Gasteiger partial charge is 0.233 e. The Hall–Kier alpha value is -0.980. The minimum Gasteiger partial charge on any atom is -0.379 e. The summed E-state index contributed by atoms with van der Waals surface area (Å²) < 4.78 is 10.9. The van der Waals surface area contributed by atoms with Crippen LogP contribution in [-0.2, 0) is 11.2 Å². The highest BCUT2D eigenvalue weighted by Gasteiger charge is 2.33. The van der Waals surface area contributed by atoms with Crippen molar-refractivity contribution in [3.8, 4) is 0 Å². The zero-order valence-corrected chi connectivity index (χ0v) is 12.8. The average molecular weight is 282 g/mol. The van der Waals surface area contributed by atoms with E-state index in [9.17, 15) is 0 Å². The second kappa shape index (κ2) is 7.71. The highest BCUT2D eigenvalue weighted by atomic mass is 16.5. The van der Waals surface area contributed by atoms with Crippen molar-refractivity contribution in [1.29, 1.82) is 0 Å². The Balaban J connectivity index is 1.91. The monoisotopic (exact) mass is 282 g/mol. The molecule has 2 heterocycles. The SMILES string of the molecule is CCNC1COCC1c1nc(CCN(CC)CC)no1. The standard InChI is InChI=1S/C14H26N4O2/c1-4-15-12-10-19-9-11(12)14-16-13(17-20-14)7-8-18(5-2)6-3/h11-12,15H,4-10H2,1-3H3. The third kappa shape index (κ3) is 3.77. The maximum atomic E-state index is 5.52. The van der Waals surface area contributed by atoms with E-state index >= 15 is 0 Å². The number of aromatic nitrogens is 2. The summed E-state index contributed by atoms with van der Waals surface area (Å²) in [4.78, 5) is 6.90. The van der Waals surface area contributed by atoms with E-state index in [1.165, 1.54) is 0 Å². The van der Waals surface area contributed by atoms with Crippen LogP contribution in [0.25, 0.3) is 0 Å². The number of ether oxygens (including phenoxy) is 1. The van der Waals surface area contributed by atoms with Crippen LogP contribution in [0.15, 0.2) is 4.52 Å². The molecule has 0 radical (unpaired) electrons. The molecule has 0 bridgehead atoms. The zero-order valence-electron chi connectivity index (χ0n) is 12.8. The van der Waals surface area contributed by atoms with Gasteiger partial charge < -0.3 is 19.5 Å². The number of rotatable bonds is 8. The van der Waals surface area contributed by atoms with Crippen LogP contribution in [0.2, 0.25) is 0 Å². The highest BCUT2D eigenvalue weighted by Crippen LogP contribution is 2.24. The molecule has 1 aliphatic rings. The minimum atomic E-state index is 0.185. The molecule has 1 saturated heterocycles. The summed E-state index contributed by atoms with van der Waals surface area (Å²) in [6, 6.07) is 0.288. The molecule has 0 saturated carbocycles. The van der Waals surface area contributed by atoms with Crippen molar-refractivity contribution < 1.29 is 9.26 Å². The van der Waals surface area contributed by atoms with E-state index < -0.39 is 0 Å². The molecule has 2 rings (SSSR count). The summed E-state index contributed by atoms with van der Waals surface area (Å²) in [6.07, 6.45) is 0.838. The van der Waals surface area contributed by atoms with Crippen molar-refractivity contribution in [2.45, 2.75) is 39.2 Å². The van der Waals surface area contributed by atoms with E-state index in [4.69, 9.17) is 9.26 Å². The molecule has 6 nitrogen and oxygen atoms in total. The van der Waals surface area contributed by atoms with Crippen LogP contribution >= 0.6 is 0 Å². The summed E-state index contributed by atoms with van der Waals surface area (Å²) in [7, 11) is 0. The first-order chi connectivity index (χ1) is 9.78. The van der Waals surface area contributed by atoms with E-state index in [1.807, 2.05) is 0 Å². The van der Waals surface area contributed by atoms with Gasteiger partial charge in [0.15, 0.2) is 5.82 Å². The van der Waals surface area contributed by atoms with Crippen LogP contribution in [0, 0.1) is 0 Å². The predicted molar refractivity (Wildman–Crippen MR) is 76.8 cm³/mol. The Morgan fingerprint density at radius 2 is 2.05 bits per heavy atom. The van der Waals surface area contributed by atoms with E-state index in [1.54, 1.807) is 0 Å². The van der Waals surface area contributed by atoms with Gasteiger partial charge in [-0.3, -0.25) is 0 Å². The normalized spacial score (nSPS) is 22.8. The first kappa shape index (κ1) is 15.4. The Morgan fingerprint density at radius 1 is 1.25 bits per heavy atom. The van der Waals surface area contributed by atoms with Gasteiger partial charge in [-0.05, 0) is 19.6 Å². The summed E-state index contributed by atoms with van der Waals surface area (Å²) in [5, 5.41) is 7.51. The number of hydrogen-bond acceptors (Lipinski definition) is 6. The predicted octanol–water partition coefficient (Wildman–Crippen LogP) is 1.05. The molecule has 20 heavy (non-hydrogen) atoms. The van der Waals surface area contributed by atoms with Crippen LogP contribution in [0.5, 0.6) is 0 Å². The number of likely N-dealkylation sites (N-methyl/N-ethyl adjacent to an activating group) is 2. The van der Waals surface area contributed by atoms with Gasteiger partial charge in [-0.1, -0.05) is 25.9 Å². The lowest BCUT2D eigenvalue weighted by molar-refractivity contribution is 0.185.